The Morgan fingerprint density at radius 2 is 1.85 bits per heavy atom. The average Bonchev–Trinajstić information content (AvgIpc) is 2.85. The Bertz CT molecular complexity index is 1060. The van der Waals surface area contributed by atoms with Crippen LogP contribution in [0.25, 0.3) is 11.1 Å². The lowest BCUT2D eigenvalue weighted by atomic mass is 9.97. The fourth-order valence-electron chi connectivity index (χ4n) is 4.03. The number of nitrogens with one attached hydrogen (secondary N) is 1. The van der Waals surface area contributed by atoms with Gasteiger partial charge in [0.15, 0.2) is 5.16 Å². The zero-order chi connectivity index (χ0) is 23.0. The predicted octanol–water partition coefficient (Wildman–Crippen LogP) is 6.56. The van der Waals surface area contributed by atoms with Gasteiger partial charge < -0.3 is 5.32 Å². The third kappa shape index (κ3) is 6.97. The first kappa shape index (κ1) is 24.1. The van der Waals surface area contributed by atoms with Gasteiger partial charge in [0.05, 0.1) is 10.0 Å². The minimum absolute atomic E-state index is 0.583. The van der Waals surface area contributed by atoms with Crippen LogP contribution in [0.3, 0.4) is 0 Å². The fraction of sp³-hybridized carbons (Fsp3) is 0.308. The van der Waals surface area contributed by atoms with Gasteiger partial charge in [0, 0.05) is 49.0 Å². The molecule has 172 valence electrons. The molecule has 33 heavy (non-hydrogen) atoms. The second-order valence-electron chi connectivity index (χ2n) is 8.35. The third-order valence-electron chi connectivity index (χ3n) is 5.78. The highest BCUT2D eigenvalue weighted by Crippen LogP contribution is 2.28. The standard InChI is InChI=1S/C26H28Cl2N4S/c1-19(18-33-26-30-14-23(15-31-26)21-8-3-2-4-9-21)29-13-20-7-6-12-32(16-20)17-22-10-5-11-24(27)25(22)28/h2-5,8-11,14-15,20,29H,1,6-7,12-13,16-18H2. The summed E-state index contributed by atoms with van der Waals surface area (Å²) in [7, 11) is 0. The van der Waals surface area contributed by atoms with E-state index in [1.807, 2.05) is 42.7 Å². The second-order valence-corrected chi connectivity index (χ2v) is 10.1. The van der Waals surface area contributed by atoms with Gasteiger partial charge >= 0.3 is 0 Å². The molecule has 3 aromatic rings. The Morgan fingerprint density at radius 3 is 2.64 bits per heavy atom. The molecule has 4 nitrogen and oxygen atoms in total. The molecule has 1 aromatic heterocycles. The molecule has 0 radical (unpaired) electrons. The molecule has 0 saturated carbocycles. The Hall–Kier alpha value is -2.05. The first-order valence-electron chi connectivity index (χ1n) is 11.2. The summed E-state index contributed by atoms with van der Waals surface area (Å²) in [6, 6.07) is 16.0. The summed E-state index contributed by atoms with van der Waals surface area (Å²) in [5, 5.41) is 5.58. The Labute approximate surface area is 210 Å². The second kappa shape index (κ2) is 11.9. The number of aromatic nitrogens is 2. The Balaban J connectivity index is 1.20. The van der Waals surface area contributed by atoms with Gasteiger partial charge in [-0.3, -0.25) is 4.90 Å². The number of hydrogen-bond donors (Lipinski definition) is 1. The van der Waals surface area contributed by atoms with Crippen LogP contribution in [0.5, 0.6) is 0 Å². The molecule has 1 atom stereocenters. The van der Waals surface area contributed by atoms with Crippen LogP contribution in [0, 0.1) is 5.92 Å². The van der Waals surface area contributed by atoms with E-state index in [1.54, 1.807) is 11.8 Å². The van der Waals surface area contributed by atoms with E-state index in [-0.39, 0.29) is 0 Å². The number of benzene rings is 2. The lowest BCUT2D eigenvalue weighted by molar-refractivity contribution is 0.167. The van der Waals surface area contributed by atoms with Crippen LogP contribution < -0.4 is 5.32 Å². The number of thioether (sulfide) groups is 1. The summed E-state index contributed by atoms with van der Waals surface area (Å²) >= 11 is 14.2. The monoisotopic (exact) mass is 498 g/mol. The van der Waals surface area contributed by atoms with Gasteiger partial charge in [-0.15, -0.1) is 0 Å². The van der Waals surface area contributed by atoms with Crippen LogP contribution in [0.2, 0.25) is 10.0 Å². The summed E-state index contributed by atoms with van der Waals surface area (Å²) in [5.41, 5.74) is 4.25. The van der Waals surface area contributed by atoms with Crippen molar-refractivity contribution in [2.45, 2.75) is 24.5 Å². The largest absolute Gasteiger partial charge is 0.388 e. The first-order valence-corrected chi connectivity index (χ1v) is 12.9. The maximum atomic E-state index is 6.38. The third-order valence-corrected chi connectivity index (χ3v) is 7.60. The van der Waals surface area contributed by atoms with Crippen molar-refractivity contribution in [3.8, 4) is 11.1 Å². The van der Waals surface area contributed by atoms with Crippen molar-refractivity contribution in [1.82, 2.24) is 20.2 Å². The summed E-state index contributed by atoms with van der Waals surface area (Å²) in [6.45, 7) is 8.09. The maximum Gasteiger partial charge on any atom is 0.187 e. The SMILES string of the molecule is C=C(CSc1ncc(-c2ccccc2)cn1)NCC1CCCN(Cc2cccc(Cl)c2Cl)C1. The van der Waals surface area contributed by atoms with Crippen LogP contribution in [-0.2, 0) is 6.54 Å². The molecule has 0 amide bonds. The minimum Gasteiger partial charge on any atom is -0.388 e. The van der Waals surface area contributed by atoms with Gasteiger partial charge in [-0.05, 0) is 42.5 Å². The molecule has 4 rings (SSSR count). The quantitative estimate of drug-likeness (QED) is 0.267. The summed E-state index contributed by atoms with van der Waals surface area (Å²) in [4.78, 5) is 11.5. The topological polar surface area (TPSA) is 41.1 Å². The number of nitrogens with zero attached hydrogens (tertiary/aromatic N) is 3. The number of halogens is 2. The molecule has 0 aliphatic carbocycles. The Kier molecular flexibility index (Phi) is 8.68. The van der Waals surface area contributed by atoms with Crippen LogP contribution in [0.4, 0.5) is 0 Å². The van der Waals surface area contributed by atoms with Crippen LogP contribution in [0.15, 0.2) is 78.4 Å². The van der Waals surface area contributed by atoms with Crippen molar-refractivity contribution < 1.29 is 0 Å². The minimum atomic E-state index is 0.583. The number of piperidine rings is 1. The van der Waals surface area contributed by atoms with Gasteiger partial charge in [-0.1, -0.05) is 84.0 Å². The Morgan fingerprint density at radius 1 is 1.06 bits per heavy atom. The van der Waals surface area contributed by atoms with Crippen LogP contribution in [0.1, 0.15) is 18.4 Å². The van der Waals surface area contributed by atoms with Crippen molar-refractivity contribution in [1.29, 1.82) is 0 Å². The molecule has 1 aliphatic rings. The number of hydrogen-bond acceptors (Lipinski definition) is 5. The van der Waals surface area contributed by atoms with Gasteiger partial charge in [-0.2, -0.15) is 0 Å². The predicted molar refractivity (Wildman–Crippen MR) is 140 cm³/mol. The van der Waals surface area contributed by atoms with Gasteiger partial charge in [-0.25, -0.2) is 9.97 Å². The van der Waals surface area contributed by atoms with E-state index in [2.05, 4.69) is 45.0 Å². The molecule has 1 N–H and O–H groups in total. The van der Waals surface area contributed by atoms with E-state index in [4.69, 9.17) is 23.2 Å². The van der Waals surface area contributed by atoms with E-state index in [0.717, 1.165) is 59.5 Å². The smallest absolute Gasteiger partial charge is 0.187 e. The molecule has 2 aromatic carbocycles. The molecule has 0 bridgehead atoms. The van der Waals surface area contributed by atoms with E-state index >= 15 is 0 Å². The van der Waals surface area contributed by atoms with Gasteiger partial charge in [0.1, 0.15) is 0 Å². The summed E-state index contributed by atoms with van der Waals surface area (Å²) in [6.07, 6.45) is 6.16. The number of likely N-dealkylation sites (tertiary alicyclic amines) is 1. The zero-order valence-electron chi connectivity index (χ0n) is 18.5. The lowest BCUT2D eigenvalue weighted by Gasteiger charge is -2.33. The maximum absolute atomic E-state index is 6.38. The van der Waals surface area contributed by atoms with E-state index in [0.29, 0.717) is 16.0 Å². The average molecular weight is 500 g/mol. The first-order chi connectivity index (χ1) is 16.1. The highest BCUT2D eigenvalue weighted by atomic mass is 35.5. The molecule has 1 unspecified atom stereocenters. The van der Waals surface area contributed by atoms with Gasteiger partial charge in [0.2, 0.25) is 0 Å². The highest BCUT2D eigenvalue weighted by Gasteiger charge is 2.21. The normalized spacial score (nSPS) is 16.5. The van der Waals surface area contributed by atoms with Crippen LogP contribution in [-0.4, -0.2) is 40.3 Å². The molecule has 1 saturated heterocycles. The molecular weight excluding hydrogens is 471 g/mol. The summed E-state index contributed by atoms with van der Waals surface area (Å²) in [5.74, 6) is 1.33. The fourth-order valence-corrected chi connectivity index (χ4v) is 5.07. The molecule has 2 heterocycles. The van der Waals surface area contributed by atoms with Crippen molar-refractivity contribution in [3.05, 3.63) is 88.8 Å². The van der Waals surface area contributed by atoms with E-state index in [9.17, 15) is 0 Å². The summed E-state index contributed by atoms with van der Waals surface area (Å²) < 4.78 is 0. The van der Waals surface area contributed by atoms with Crippen molar-refractivity contribution in [3.63, 3.8) is 0 Å². The molecule has 7 heteroatoms. The molecular formula is C26H28Cl2N4S. The van der Waals surface area contributed by atoms with Crippen molar-refractivity contribution in [2.24, 2.45) is 5.92 Å². The van der Waals surface area contributed by atoms with Gasteiger partial charge in [0.25, 0.3) is 0 Å². The molecule has 1 aliphatic heterocycles. The number of rotatable bonds is 9. The van der Waals surface area contributed by atoms with Crippen LogP contribution >= 0.6 is 35.0 Å². The molecule has 1 fully saturated rings. The van der Waals surface area contributed by atoms with E-state index in [1.165, 1.54) is 12.8 Å². The lowest BCUT2D eigenvalue weighted by Crippen LogP contribution is -2.39. The highest BCUT2D eigenvalue weighted by molar-refractivity contribution is 7.99. The van der Waals surface area contributed by atoms with E-state index < -0.39 is 0 Å². The zero-order valence-corrected chi connectivity index (χ0v) is 20.8. The van der Waals surface area contributed by atoms with Crippen molar-refractivity contribution in [2.75, 3.05) is 25.4 Å². The van der Waals surface area contributed by atoms with Crippen molar-refractivity contribution >= 4 is 35.0 Å². The molecule has 0 spiro atoms.